The van der Waals surface area contributed by atoms with Crippen LogP contribution in [0.15, 0.2) is 12.4 Å². The van der Waals surface area contributed by atoms with Crippen molar-refractivity contribution in [2.75, 3.05) is 0 Å². The molecule has 0 saturated heterocycles. The standard InChI is InChI=1S/C14H19ClN4OS/c1-4-5-13-18-9(2)12(21-13)7-16-14(20)10(3)19-8-11(15)6-17-19/h6,8,10H,4-5,7H2,1-3H3,(H,16,20)/t10-/m0/s1. The Hall–Kier alpha value is -1.40. The van der Waals surface area contributed by atoms with E-state index in [2.05, 4.69) is 22.3 Å². The number of thiazole rings is 1. The van der Waals surface area contributed by atoms with Crippen molar-refractivity contribution in [3.8, 4) is 0 Å². The van der Waals surface area contributed by atoms with Gasteiger partial charge >= 0.3 is 0 Å². The van der Waals surface area contributed by atoms with Gasteiger partial charge < -0.3 is 5.32 Å². The molecule has 0 aliphatic rings. The molecule has 0 radical (unpaired) electrons. The predicted molar refractivity (Wildman–Crippen MR) is 84.6 cm³/mol. The fourth-order valence-electron chi connectivity index (χ4n) is 1.93. The highest BCUT2D eigenvalue weighted by molar-refractivity contribution is 7.11. The fraction of sp³-hybridized carbons (Fsp3) is 0.500. The minimum absolute atomic E-state index is 0.0837. The van der Waals surface area contributed by atoms with Crippen LogP contribution >= 0.6 is 22.9 Å². The van der Waals surface area contributed by atoms with Gasteiger partial charge in [0, 0.05) is 11.1 Å². The first-order valence-corrected chi connectivity index (χ1v) is 8.13. The first kappa shape index (κ1) is 16.0. The molecule has 21 heavy (non-hydrogen) atoms. The van der Waals surface area contributed by atoms with Crippen LogP contribution in [-0.4, -0.2) is 20.7 Å². The van der Waals surface area contributed by atoms with Gasteiger partial charge in [-0.3, -0.25) is 9.48 Å². The Bertz CT molecular complexity index is 622. The summed E-state index contributed by atoms with van der Waals surface area (Å²) in [6, 6.07) is -0.388. The molecule has 1 amide bonds. The molecular formula is C14H19ClN4OS. The summed E-state index contributed by atoms with van der Waals surface area (Å²) in [4.78, 5) is 17.8. The second kappa shape index (κ2) is 7.04. The van der Waals surface area contributed by atoms with Crippen molar-refractivity contribution in [1.82, 2.24) is 20.1 Å². The van der Waals surface area contributed by atoms with E-state index in [1.165, 1.54) is 6.20 Å². The summed E-state index contributed by atoms with van der Waals surface area (Å²) in [5, 5.41) is 8.64. The Morgan fingerprint density at radius 3 is 2.95 bits per heavy atom. The molecule has 0 aliphatic heterocycles. The molecule has 2 aromatic heterocycles. The number of hydrogen-bond donors (Lipinski definition) is 1. The smallest absolute Gasteiger partial charge is 0.244 e. The van der Waals surface area contributed by atoms with E-state index in [0.717, 1.165) is 28.4 Å². The van der Waals surface area contributed by atoms with Crippen LogP contribution in [0.1, 0.15) is 41.9 Å². The normalized spacial score (nSPS) is 12.4. The first-order chi connectivity index (χ1) is 10.0. The molecule has 1 atom stereocenters. The lowest BCUT2D eigenvalue weighted by Crippen LogP contribution is -2.30. The van der Waals surface area contributed by atoms with E-state index in [-0.39, 0.29) is 11.9 Å². The predicted octanol–water partition coefficient (Wildman–Crippen LogP) is 3.13. The topological polar surface area (TPSA) is 59.8 Å². The average Bonchev–Trinajstić information content (AvgIpc) is 3.02. The molecule has 2 heterocycles. The number of nitrogens with one attached hydrogen (secondary N) is 1. The van der Waals surface area contributed by atoms with Gasteiger partial charge in [0.25, 0.3) is 0 Å². The molecule has 0 aromatic carbocycles. The summed E-state index contributed by atoms with van der Waals surface area (Å²) in [7, 11) is 0. The maximum absolute atomic E-state index is 12.1. The van der Waals surface area contributed by atoms with Crippen LogP contribution in [0.25, 0.3) is 0 Å². The lowest BCUT2D eigenvalue weighted by Gasteiger charge is -2.12. The Morgan fingerprint density at radius 1 is 1.57 bits per heavy atom. The molecule has 0 unspecified atom stereocenters. The Kier molecular flexibility index (Phi) is 5.36. The van der Waals surface area contributed by atoms with Crippen molar-refractivity contribution in [3.63, 3.8) is 0 Å². The van der Waals surface area contributed by atoms with E-state index in [9.17, 15) is 4.79 Å². The van der Waals surface area contributed by atoms with Gasteiger partial charge in [0.15, 0.2) is 0 Å². The van der Waals surface area contributed by atoms with Crippen LogP contribution in [0.2, 0.25) is 5.02 Å². The fourth-order valence-corrected chi connectivity index (χ4v) is 3.19. The van der Waals surface area contributed by atoms with Crippen molar-refractivity contribution in [2.45, 2.75) is 46.2 Å². The first-order valence-electron chi connectivity index (χ1n) is 6.93. The molecule has 0 aliphatic carbocycles. The number of aryl methyl sites for hydroxylation is 2. The highest BCUT2D eigenvalue weighted by atomic mass is 35.5. The third kappa shape index (κ3) is 4.04. The van der Waals surface area contributed by atoms with Gasteiger partial charge in [-0.1, -0.05) is 18.5 Å². The SMILES string of the molecule is CCCc1nc(C)c(CNC(=O)[C@H](C)n2cc(Cl)cn2)s1. The lowest BCUT2D eigenvalue weighted by molar-refractivity contribution is -0.124. The molecule has 1 N–H and O–H groups in total. The minimum atomic E-state index is -0.388. The maximum atomic E-state index is 12.1. The minimum Gasteiger partial charge on any atom is -0.349 e. The molecule has 0 spiro atoms. The number of carbonyl (C=O) groups is 1. The zero-order valence-electron chi connectivity index (χ0n) is 12.4. The monoisotopic (exact) mass is 326 g/mol. The third-order valence-corrected chi connectivity index (χ3v) is 4.58. The van der Waals surface area contributed by atoms with Crippen LogP contribution in [0.4, 0.5) is 0 Å². The van der Waals surface area contributed by atoms with E-state index in [4.69, 9.17) is 11.6 Å². The van der Waals surface area contributed by atoms with Gasteiger partial charge in [-0.05, 0) is 26.7 Å². The van der Waals surface area contributed by atoms with Gasteiger partial charge in [0.05, 0.1) is 28.5 Å². The number of halogens is 1. The molecule has 114 valence electrons. The summed E-state index contributed by atoms with van der Waals surface area (Å²) in [5.74, 6) is -0.0837. The third-order valence-electron chi connectivity index (χ3n) is 3.17. The van der Waals surface area contributed by atoms with Crippen LogP contribution in [0.3, 0.4) is 0 Å². The van der Waals surface area contributed by atoms with E-state index in [1.54, 1.807) is 29.1 Å². The van der Waals surface area contributed by atoms with Gasteiger partial charge in [0.1, 0.15) is 6.04 Å². The molecule has 0 bridgehead atoms. The number of aromatic nitrogens is 3. The van der Waals surface area contributed by atoms with E-state index < -0.39 is 0 Å². The summed E-state index contributed by atoms with van der Waals surface area (Å²) in [6.45, 7) is 6.41. The average molecular weight is 327 g/mol. The molecule has 0 saturated carbocycles. The van der Waals surface area contributed by atoms with Crippen molar-refractivity contribution in [2.24, 2.45) is 0 Å². The van der Waals surface area contributed by atoms with Crippen molar-refractivity contribution >= 4 is 28.8 Å². The number of nitrogens with zero attached hydrogens (tertiary/aromatic N) is 3. The summed E-state index contributed by atoms with van der Waals surface area (Å²) < 4.78 is 1.56. The van der Waals surface area contributed by atoms with Crippen LogP contribution in [0, 0.1) is 6.92 Å². The van der Waals surface area contributed by atoms with E-state index >= 15 is 0 Å². The molecular weight excluding hydrogens is 308 g/mol. The zero-order chi connectivity index (χ0) is 15.4. The highest BCUT2D eigenvalue weighted by Crippen LogP contribution is 2.19. The maximum Gasteiger partial charge on any atom is 0.244 e. The second-order valence-corrected chi connectivity index (χ2v) is 6.50. The summed E-state index contributed by atoms with van der Waals surface area (Å²) in [6.07, 6.45) is 5.23. The van der Waals surface area contributed by atoms with E-state index in [1.807, 2.05) is 6.92 Å². The number of carbonyl (C=O) groups excluding carboxylic acids is 1. The van der Waals surface area contributed by atoms with Gasteiger partial charge in [0.2, 0.25) is 5.91 Å². The van der Waals surface area contributed by atoms with Crippen LogP contribution < -0.4 is 5.32 Å². The van der Waals surface area contributed by atoms with Gasteiger partial charge in [-0.15, -0.1) is 11.3 Å². The largest absolute Gasteiger partial charge is 0.349 e. The quantitative estimate of drug-likeness (QED) is 0.887. The molecule has 0 fully saturated rings. The van der Waals surface area contributed by atoms with Crippen molar-refractivity contribution < 1.29 is 4.79 Å². The summed E-state index contributed by atoms with van der Waals surface area (Å²) >= 11 is 7.48. The Balaban J connectivity index is 1.94. The lowest BCUT2D eigenvalue weighted by atomic mass is 10.3. The Morgan fingerprint density at radius 2 is 2.33 bits per heavy atom. The summed E-state index contributed by atoms with van der Waals surface area (Å²) in [5.41, 5.74) is 0.999. The highest BCUT2D eigenvalue weighted by Gasteiger charge is 2.16. The molecule has 5 nitrogen and oxygen atoms in total. The van der Waals surface area contributed by atoms with Crippen LogP contribution in [-0.2, 0) is 17.8 Å². The number of hydrogen-bond acceptors (Lipinski definition) is 4. The number of amides is 1. The van der Waals surface area contributed by atoms with E-state index in [0.29, 0.717) is 11.6 Å². The van der Waals surface area contributed by atoms with Crippen molar-refractivity contribution in [1.29, 1.82) is 0 Å². The number of rotatable bonds is 6. The zero-order valence-corrected chi connectivity index (χ0v) is 14.0. The molecule has 2 rings (SSSR count). The second-order valence-electron chi connectivity index (χ2n) is 4.90. The molecule has 2 aromatic rings. The Labute approximate surface area is 133 Å². The van der Waals surface area contributed by atoms with Crippen LogP contribution in [0.5, 0.6) is 0 Å². The van der Waals surface area contributed by atoms with Gasteiger partial charge in [-0.25, -0.2) is 4.98 Å². The van der Waals surface area contributed by atoms with Crippen molar-refractivity contribution in [3.05, 3.63) is 33.0 Å². The van der Waals surface area contributed by atoms with Gasteiger partial charge in [-0.2, -0.15) is 5.10 Å². The molecule has 7 heteroatoms.